The molecule has 0 aliphatic heterocycles. The van der Waals surface area contributed by atoms with Gasteiger partial charge in [0, 0.05) is 25.3 Å². The number of hydrogen-bond acceptors (Lipinski definition) is 3. The minimum absolute atomic E-state index is 0.0137. The van der Waals surface area contributed by atoms with E-state index in [1.807, 2.05) is 55.5 Å². The van der Waals surface area contributed by atoms with E-state index < -0.39 is 6.04 Å². The topological polar surface area (TPSA) is 49.4 Å². The molecule has 3 aromatic rings. The third kappa shape index (κ3) is 8.27. The molecule has 0 saturated carbocycles. The number of thioether (sulfide) groups is 1. The molecule has 36 heavy (non-hydrogen) atoms. The lowest BCUT2D eigenvalue weighted by atomic mass is 10.0. The van der Waals surface area contributed by atoms with Gasteiger partial charge in [0.25, 0.3) is 0 Å². The quantitative estimate of drug-likeness (QED) is 0.330. The maximum atomic E-state index is 13.7. The summed E-state index contributed by atoms with van der Waals surface area (Å²) in [5.74, 6) is 0.977. The molecule has 1 atom stereocenters. The molecule has 2 amide bonds. The van der Waals surface area contributed by atoms with Crippen LogP contribution in [0.15, 0.2) is 72.8 Å². The fourth-order valence-corrected chi connectivity index (χ4v) is 5.23. The number of nitrogens with zero attached hydrogens (tertiary/aromatic N) is 1. The van der Waals surface area contributed by atoms with Crippen LogP contribution in [0.2, 0.25) is 0 Å². The molecular formula is C31H38N2O2S. The molecule has 3 rings (SSSR count). The third-order valence-electron chi connectivity index (χ3n) is 6.20. The van der Waals surface area contributed by atoms with Crippen molar-refractivity contribution in [2.24, 2.45) is 0 Å². The number of benzene rings is 3. The van der Waals surface area contributed by atoms with E-state index >= 15 is 0 Å². The van der Waals surface area contributed by atoms with Crippen molar-refractivity contribution in [1.29, 1.82) is 0 Å². The van der Waals surface area contributed by atoms with E-state index in [1.165, 1.54) is 16.7 Å². The smallest absolute Gasteiger partial charge is 0.243 e. The van der Waals surface area contributed by atoms with E-state index in [1.54, 1.807) is 16.7 Å². The summed E-state index contributed by atoms with van der Waals surface area (Å²) in [5.41, 5.74) is 6.90. The molecule has 0 unspecified atom stereocenters. The Hall–Kier alpha value is -3.05. The van der Waals surface area contributed by atoms with Crippen molar-refractivity contribution in [3.05, 3.63) is 106 Å². The van der Waals surface area contributed by atoms with Gasteiger partial charge in [-0.05, 0) is 49.4 Å². The molecule has 0 heterocycles. The molecule has 0 bridgehead atoms. The lowest BCUT2D eigenvalue weighted by Crippen LogP contribution is -2.51. The first-order valence-corrected chi connectivity index (χ1v) is 13.8. The van der Waals surface area contributed by atoms with Gasteiger partial charge in [0.05, 0.1) is 5.75 Å². The van der Waals surface area contributed by atoms with Gasteiger partial charge in [0.1, 0.15) is 6.04 Å². The monoisotopic (exact) mass is 502 g/mol. The second kappa shape index (κ2) is 13.9. The number of rotatable bonds is 12. The van der Waals surface area contributed by atoms with E-state index in [0.29, 0.717) is 25.3 Å². The second-order valence-electron chi connectivity index (χ2n) is 9.43. The van der Waals surface area contributed by atoms with Gasteiger partial charge in [-0.25, -0.2) is 0 Å². The van der Waals surface area contributed by atoms with Gasteiger partial charge in [-0.1, -0.05) is 90.8 Å². The summed E-state index contributed by atoms with van der Waals surface area (Å²) >= 11 is 1.61. The van der Waals surface area contributed by atoms with Crippen LogP contribution in [-0.4, -0.2) is 35.1 Å². The molecule has 1 N–H and O–H groups in total. The van der Waals surface area contributed by atoms with Crippen molar-refractivity contribution in [2.75, 3.05) is 12.3 Å². The Morgan fingerprint density at radius 2 is 1.56 bits per heavy atom. The van der Waals surface area contributed by atoms with Gasteiger partial charge in [0.15, 0.2) is 0 Å². The molecule has 190 valence electrons. The third-order valence-corrected chi connectivity index (χ3v) is 7.19. The molecule has 4 nitrogen and oxygen atoms in total. The van der Waals surface area contributed by atoms with Crippen LogP contribution in [0.5, 0.6) is 0 Å². The second-order valence-corrected chi connectivity index (χ2v) is 10.4. The first-order chi connectivity index (χ1) is 17.4. The maximum absolute atomic E-state index is 13.7. The molecule has 0 aliphatic rings. The predicted molar refractivity (Wildman–Crippen MR) is 151 cm³/mol. The number of carbonyl (C=O) groups excluding carboxylic acids is 2. The van der Waals surface area contributed by atoms with Crippen LogP contribution >= 0.6 is 11.8 Å². The highest BCUT2D eigenvalue weighted by Crippen LogP contribution is 2.21. The fraction of sp³-hybridized carbons (Fsp3) is 0.355. The van der Waals surface area contributed by atoms with E-state index in [9.17, 15) is 9.59 Å². The van der Waals surface area contributed by atoms with Crippen molar-refractivity contribution in [3.8, 4) is 0 Å². The number of aryl methyl sites for hydroxylation is 3. The van der Waals surface area contributed by atoms with Crippen LogP contribution in [0.25, 0.3) is 0 Å². The minimum atomic E-state index is -0.576. The van der Waals surface area contributed by atoms with Crippen LogP contribution in [0.4, 0.5) is 0 Å². The fourth-order valence-electron chi connectivity index (χ4n) is 4.38. The summed E-state index contributed by atoms with van der Waals surface area (Å²) in [4.78, 5) is 28.9. The van der Waals surface area contributed by atoms with Gasteiger partial charge in [-0.3, -0.25) is 9.59 Å². The summed E-state index contributed by atoms with van der Waals surface area (Å²) in [7, 11) is 0. The van der Waals surface area contributed by atoms with Crippen molar-refractivity contribution < 1.29 is 9.59 Å². The van der Waals surface area contributed by atoms with Gasteiger partial charge in [-0.2, -0.15) is 0 Å². The Balaban J connectivity index is 1.84. The number of carbonyl (C=O) groups is 2. The van der Waals surface area contributed by atoms with Gasteiger partial charge in [0.2, 0.25) is 11.8 Å². The lowest BCUT2D eigenvalue weighted by Gasteiger charge is -2.32. The Kier molecular flexibility index (Phi) is 10.6. The highest BCUT2D eigenvalue weighted by atomic mass is 32.2. The molecular weight excluding hydrogens is 464 g/mol. The molecule has 0 aromatic heterocycles. The summed E-state index contributed by atoms with van der Waals surface area (Å²) in [6.45, 7) is 9.28. The van der Waals surface area contributed by atoms with Crippen LogP contribution in [0.3, 0.4) is 0 Å². The lowest BCUT2D eigenvalue weighted by molar-refractivity contribution is -0.139. The minimum Gasteiger partial charge on any atom is -0.354 e. The first kappa shape index (κ1) is 27.5. The number of amides is 2. The number of nitrogens with one attached hydrogen (secondary N) is 1. The van der Waals surface area contributed by atoms with E-state index in [-0.39, 0.29) is 11.8 Å². The number of hydrogen-bond donors (Lipinski definition) is 1. The molecule has 5 heteroatoms. The molecule has 0 aliphatic carbocycles. The van der Waals surface area contributed by atoms with Crippen LogP contribution < -0.4 is 5.32 Å². The SMILES string of the molecule is CCCNC(=O)[C@H](Cc1ccccc1)N(Cc1ccccc1C)C(=O)CSCc1cc(C)cc(C)c1. The van der Waals surface area contributed by atoms with E-state index in [2.05, 4.69) is 50.4 Å². The van der Waals surface area contributed by atoms with Gasteiger partial charge >= 0.3 is 0 Å². The average Bonchev–Trinajstić information content (AvgIpc) is 2.85. The van der Waals surface area contributed by atoms with E-state index in [4.69, 9.17) is 0 Å². The molecule has 0 radical (unpaired) electrons. The maximum Gasteiger partial charge on any atom is 0.243 e. The van der Waals surface area contributed by atoms with Crippen LogP contribution in [0, 0.1) is 20.8 Å². The van der Waals surface area contributed by atoms with Crippen molar-refractivity contribution in [2.45, 2.75) is 58.9 Å². The molecule has 0 spiro atoms. The zero-order valence-electron chi connectivity index (χ0n) is 21.9. The van der Waals surface area contributed by atoms with Gasteiger partial charge < -0.3 is 10.2 Å². The summed E-state index contributed by atoms with van der Waals surface area (Å²) in [5, 5.41) is 3.04. The molecule has 0 fully saturated rings. The Labute approximate surface area is 220 Å². The van der Waals surface area contributed by atoms with Crippen molar-refractivity contribution in [1.82, 2.24) is 10.2 Å². The zero-order chi connectivity index (χ0) is 25.9. The predicted octanol–water partition coefficient (Wildman–Crippen LogP) is 6.01. The largest absolute Gasteiger partial charge is 0.354 e. The van der Waals surface area contributed by atoms with E-state index in [0.717, 1.165) is 28.9 Å². The summed E-state index contributed by atoms with van der Waals surface area (Å²) in [6.07, 6.45) is 1.33. The Morgan fingerprint density at radius 1 is 0.889 bits per heavy atom. The van der Waals surface area contributed by atoms with Crippen LogP contribution in [0.1, 0.15) is 46.7 Å². The molecule has 0 saturated heterocycles. The Bertz CT molecular complexity index is 1130. The standard InChI is InChI=1S/C31H38N2O2S/c1-5-15-32-31(35)29(19-26-12-7-6-8-13-26)33(20-28-14-10-9-11-25(28)4)30(34)22-36-21-27-17-23(2)16-24(3)18-27/h6-14,16-18,29H,5,15,19-22H2,1-4H3,(H,32,35)/t29-/m0/s1. The summed E-state index contributed by atoms with van der Waals surface area (Å²) < 4.78 is 0. The Morgan fingerprint density at radius 3 is 2.22 bits per heavy atom. The average molecular weight is 503 g/mol. The summed E-state index contributed by atoms with van der Waals surface area (Å²) in [6, 6.07) is 24.0. The van der Waals surface area contributed by atoms with Crippen LogP contribution in [-0.2, 0) is 28.3 Å². The highest BCUT2D eigenvalue weighted by Gasteiger charge is 2.30. The van der Waals surface area contributed by atoms with Crippen molar-refractivity contribution in [3.63, 3.8) is 0 Å². The van der Waals surface area contributed by atoms with Gasteiger partial charge in [-0.15, -0.1) is 11.8 Å². The zero-order valence-corrected chi connectivity index (χ0v) is 22.7. The normalized spacial score (nSPS) is 11.7. The van der Waals surface area contributed by atoms with Crippen molar-refractivity contribution >= 4 is 23.6 Å². The highest BCUT2D eigenvalue weighted by molar-refractivity contribution is 7.99. The molecule has 3 aromatic carbocycles. The first-order valence-electron chi connectivity index (χ1n) is 12.7.